The molecule has 1 aromatic rings. The molecule has 4 nitrogen and oxygen atoms in total. The molecule has 1 amide bonds. The van der Waals surface area contributed by atoms with Crippen LogP contribution in [0.1, 0.15) is 0 Å². The molecule has 0 spiro atoms. The molecule has 3 N–H and O–H groups in total. The van der Waals surface area contributed by atoms with Gasteiger partial charge in [-0.15, -0.1) is 23.2 Å². The number of alkyl halides is 2. The van der Waals surface area contributed by atoms with Gasteiger partial charge in [0.05, 0.1) is 16.1 Å². The molecule has 98 valence electrons. The first kappa shape index (κ1) is 13.8. The van der Waals surface area contributed by atoms with E-state index in [4.69, 9.17) is 34.8 Å². The SMILES string of the molecule is O=C(Nc1ccc(F)cc1Cl)C1NNC(Cl)C1Cl. The summed E-state index contributed by atoms with van der Waals surface area (Å²) in [6.07, 6.45) is 0. The fraction of sp³-hybridized carbons (Fsp3) is 0.300. The van der Waals surface area contributed by atoms with Crippen molar-refractivity contribution in [1.29, 1.82) is 0 Å². The zero-order chi connectivity index (χ0) is 13.3. The van der Waals surface area contributed by atoms with Crippen LogP contribution in [0.3, 0.4) is 0 Å². The number of hydrazine groups is 1. The third-order valence-corrected chi connectivity index (χ3v) is 3.77. The van der Waals surface area contributed by atoms with Gasteiger partial charge in [0.2, 0.25) is 5.91 Å². The fourth-order valence-corrected chi connectivity index (χ4v) is 2.17. The van der Waals surface area contributed by atoms with Gasteiger partial charge in [-0.25, -0.2) is 15.2 Å². The highest BCUT2D eigenvalue weighted by Gasteiger charge is 2.37. The second-order valence-corrected chi connectivity index (χ2v) is 5.11. The van der Waals surface area contributed by atoms with Crippen LogP contribution in [-0.2, 0) is 4.79 Å². The van der Waals surface area contributed by atoms with Gasteiger partial charge in [-0.05, 0) is 18.2 Å². The van der Waals surface area contributed by atoms with Crippen LogP contribution in [0.4, 0.5) is 10.1 Å². The number of halogens is 4. The fourth-order valence-electron chi connectivity index (χ4n) is 1.51. The van der Waals surface area contributed by atoms with Crippen LogP contribution in [0.5, 0.6) is 0 Å². The summed E-state index contributed by atoms with van der Waals surface area (Å²) < 4.78 is 12.8. The molecule has 1 fully saturated rings. The van der Waals surface area contributed by atoms with E-state index in [2.05, 4.69) is 16.2 Å². The quantitative estimate of drug-likeness (QED) is 0.579. The minimum atomic E-state index is -0.699. The zero-order valence-electron chi connectivity index (χ0n) is 8.88. The zero-order valence-corrected chi connectivity index (χ0v) is 11.2. The average Bonchev–Trinajstić information content (AvgIpc) is 2.64. The summed E-state index contributed by atoms with van der Waals surface area (Å²) in [5.41, 5.74) is 5.07. The Balaban J connectivity index is 2.07. The third-order valence-electron chi connectivity index (χ3n) is 2.45. The molecule has 0 saturated carbocycles. The van der Waals surface area contributed by atoms with Crippen LogP contribution in [0.15, 0.2) is 18.2 Å². The predicted molar refractivity (Wildman–Crippen MR) is 69.4 cm³/mol. The van der Waals surface area contributed by atoms with Crippen LogP contribution in [0.2, 0.25) is 5.02 Å². The number of carbonyl (C=O) groups excluding carboxylic acids is 1. The van der Waals surface area contributed by atoms with Gasteiger partial charge in [-0.2, -0.15) is 0 Å². The monoisotopic (exact) mass is 311 g/mol. The molecule has 0 aliphatic carbocycles. The van der Waals surface area contributed by atoms with Crippen LogP contribution < -0.4 is 16.2 Å². The van der Waals surface area contributed by atoms with Crippen molar-refractivity contribution < 1.29 is 9.18 Å². The first-order valence-corrected chi connectivity index (χ1v) is 6.29. The van der Waals surface area contributed by atoms with Gasteiger partial charge < -0.3 is 5.32 Å². The average molecular weight is 313 g/mol. The first-order chi connectivity index (χ1) is 8.49. The van der Waals surface area contributed by atoms with Gasteiger partial charge in [-0.3, -0.25) is 4.79 Å². The van der Waals surface area contributed by atoms with Gasteiger partial charge in [0.1, 0.15) is 17.4 Å². The van der Waals surface area contributed by atoms with E-state index in [1.807, 2.05) is 0 Å². The predicted octanol–water partition coefficient (Wildman–Crippen LogP) is 2.07. The molecule has 8 heteroatoms. The maximum absolute atomic E-state index is 12.8. The minimum Gasteiger partial charge on any atom is -0.323 e. The number of rotatable bonds is 2. The summed E-state index contributed by atoms with van der Waals surface area (Å²) in [7, 11) is 0. The summed E-state index contributed by atoms with van der Waals surface area (Å²) in [4.78, 5) is 11.9. The molecule has 3 unspecified atom stereocenters. The molecule has 0 bridgehead atoms. The van der Waals surface area contributed by atoms with Crippen molar-refractivity contribution >= 4 is 46.4 Å². The van der Waals surface area contributed by atoms with E-state index in [-0.39, 0.29) is 5.02 Å². The van der Waals surface area contributed by atoms with Gasteiger partial charge >= 0.3 is 0 Å². The van der Waals surface area contributed by atoms with E-state index in [0.29, 0.717) is 5.69 Å². The van der Waals surface area contributed by atoms with E-state index in [0.717, 1.165) is 6.07 Å². The molecule has 2 rings (SSSR count). The summed E-state index contributed by atoms with van der Waals surface area (Å²) in [6, 6.07) is 2.99. The Labute approximate surface area is 118 Å². The first-order valence-electron chi connectivity index (χ1n) is 5.04. The molecular formula is C10H9Cl3FN3O. The van der Waals surface area contributed by atoms with E-state index >= 15 is 0 Å². The van der Waals surface area contributed by atoms with Gasteiger partial charge in [0.15, 0.2) is 0 Å². The van der Waals surface area contributed by atoms with E-state index in [1.165, 1.54) is 12.1 Å². The van der Waals surface area contributed by atoms with Crippen LogP contribution in [0, 0.1) is 5.82 Å². The number of benzene rings is 1. The highest BCUT2D eigenvalue weighted by molar-refractivity contribution is 6.34. The summed E-state index contributed by atoms with van der Waals surface area (Å²) in [5, 5.41) is 2.06. The maximum Gasteiger partial charge on any atom is 0.244 e. The van der Waals surface area contributed by atoms with Crippen LogP contribution in [-0.4, -0.2) is 22.8 Å². The normalized spacial score (nSPS) is 27.2. The molecule has 1 heterocycles. The lowest BCUT2D eigenvalue weighted by molar-refractivity contribution is -0.117. The Hall–Kier alpha value is -0.590. The maximum atomic E-state index is 12.8. The molecule has 18 heavy (non-hydrogen) atoms. The summed E-state index contributed by atoms with van der Waals surface area (Å²) in [6.45, 7) is 0. The number of nitrogens with one attached hydrogen (secondary N) is 3. The summed E-state index contributed by atoms with van der Waals surface area (Å²) >= 11 is 17.5. The van der Waals surface area contributed by atoms with Crippen LogP contribution in [0.25, 0.3) is 0 Å². The second kappa shape index (κ2) is 5.59. The topological polar surface area (TPSA) is 53.2 Å². The molecule has 1 aromatic carbocycles. The highest BCUT2D eigenvalue weighted by atomic mass is 35.5. The number of carbonyl (C=O) groups is 1. The molecule has 1 aliphatic heterocycles. The number of hydrogen-bond donors (Lipinski definition) is 3. The lowest BCUT2D eigenvalue weighted by atomic mass is 10.2. The Kier molecular flexibility index (Phi) is 4.29. The van der Waals surface area contributed by atoms with Gasteiger partial charge in [-0.1, -0.05) is 11.6 Å². The van der Waals surface area contributed by atoms with E-state index in [1.54, 1.807) is 0 Å². The molecule has 1 aliphatic rings. The van der Waals surface area contributed by atoms with E-state index in [9.17, 15) is 9.18 Å². The van der Waals surface area contributed by atoms with E-state index < -0.39 is 28.6 Å². The van der Waals surface area contributed by atoms with Crippen molar-refractivity contribution in [3.8, 4) is 0 Å². The molecule has 0 radical (unpaired) electrons. The number of hydrogen-bond acceptors (Lipinski definition) is 3. The number of anilines is 1. The van der Waals surface area contributed by atoms with Crippen molar-refractivity contribution in [1.82, 2.24) is 10.9 Å². The van der Waals surface area contributed by atoms with Crippen molar-refractivity contribution in [3.63, 3.8) is 0 Å². The smallest absolute Gasteiger partial charge is 0.244 e. The Morgan fingerprint density at radius 3 is 2.61 bits per heavy atom. The Bertz CT molecular complexity index is 474. The molecule has 0 aromatic heterocycles. The standard InChI is InChI=1S/C10H9Cl3FN3O/c11-5-3-4(14)1-2-6(5)15-10(18)8-7(12)9(13)17-16-8/h1-3,7-9,16-17H,(H,15,18). The Morgan fingerprint density at radius 1 is 1.33 bits per heavy atom. The molecule has 1 saturated heterocycles. The van der Waals surface area contributed by atoms with Crippen molar-refractivity contribution in [2.24, 2.45) is 0 Å². The highest BCUT2D eigenvalue weighted by Crippen LogP contribution is 2.24. The minimum absolute atomic E-state index is 0.114. The second-order valence-electron chi connectivity index (χ2n) is 3.73. The lowest BCUT2D eigenvalue weighted by Gasteiger charge is -2.14. The summed E-state index contributed by atoms with van der Waals surface area (Å²) in [5.74, 6) is -0.881. The van der Waals surface area contributed by atoms with Crippen molar-refractivity contribution in [2.45, 2.75) is 16.9 Å². The van der Waals surface area contributed by atoms with Gasteiger partial charge in [0, 0.05) is 0 Å². The third kappa shape index (κ3) is 2.87. The van der Waals surface area contributed by atoms with Crippen molar-refractivity contribution in [2.75, 3.05) is 5.32 Å². The van der Waals surface area contributed by atoms with Crippen LogP contribution >= 0.6 is 34.8 Å². The number of amides is 1. The Morgan fingerprint density at radius 2 is 2.06 bits per heavy atom. The molecule has 3 atom stereocenters. The largest absolute Gasteiger partial charge is 0.323 e. The molecular weight excluding hydrogens is 303 g/mol. The van der Waals surface area contributed by atoms with Gasteiger partial charge in [0.25, 0.3) is 0 Å². The lowest BCUT2D eigenvalue weighted by Crippen LogP contribution is -2.42. The van der Waals surface area contributed by atoms with Crippen molar-refractivity contribution in [3.05, 3.63) is 29.0 Å².